The molecule has 3 amide bonds. The van der Waals surface area contributed by atoms with E-state index >= 15 is 0 Å². The van der Waals surface area contributed by atoms with E-state index in [1.165, 1.54) is 41.3 Å². The normalized spacial score (nSPS) is 20.6. The minimum Gasteiger partial charge on any atom is -0.394 e. The highest BCUT2D eigenvalue weighted by Gasteiger charge is 2.54. The van der Waals surface area contributed by atoms with E-state index in [2.05, 4.69) is 17.2 Å². The molecule has 182 valence electrons. The summed E-state index contributed by atoms with van der Waals surface area (Å²) in [5, 5.41) is 12.7. The topological polar surface area (TPSA) is 72.9 Å². The summed E-state index contributed by atoms with van der Waals surface area (Å²) >= 11 is 0. The standard InChI is InChI=1S/C28H23F2N3O3/c29-21-9-5-19(6-10-21)2-1-18-3-7-20(8-4-18)27-24-15-32(16-26(35)33(24)25(27)17-34)28(36)31-23-13-11-22(30)12-14-23/h3-14,24-25,27,34H,15-17H2,(H,31,36)/t24-,25+,27+/m0/s1. The van der Waals surface area contributed by atoms with Gasteiger partial charge in [0.2, 0.25) is 5.91 Å². The summed E-state index contributed by atoms with van der Waals surface area (Å²) in [6.45, 7) is 0.0392. The molecule has 2 heterocycles. The average molecular weight is 488 g/mol. The van der Waals surface area contributed by atoms with Crippen LogP contribution in [0, 0.1) is 23.5 Å². The maximum absolute atomic E-state index is 13.2. The summed E-state index contributed by atoms with van der Waals surface area (Å²) in [4.78, 5) is 28.7. The molecule has 8 heteroatoms. The molecule has 0 radical (unpaired) electrons. The van der Waals surface area contributed by atoms with E-state index in [9.17, 15) is 23.5 Å². The maximum Gasteiger partial charge on any atom is 0.322 e. The van der Waals surface area contributed by atoms with Gasteiger partial charge in [0.15, 0.2) is 0 Å². The van der Waals surface area contributed by atoms with Gasteiger partial charge in [0.25, 0.3) is 0 Å². The lowest BCUT2D eigenvalue weighted by Crippen LogP contribution is -2.73. The van der Waals surface area contributed by atoms with Crippen molar-refractivity contribution in [3.05, 3.63) is 101 Å². The minimum absolute atomic E-state index is 0.0926. The summed E-state index contributed by atoms with van der Waals surface area (Å²) in [6.07, 6.45) is 0. The molecule has 2 aliphatic heterocycles. The molecule has 0 unspecified atom stereocenters. The molecule has 2 saturated heterocycles. The fourth-order valence-corrected chi connectivity index (χ4v) is 4.86. The number of hydrogen-bond donors (Lipinski definition) is 2. The number of anilines is 1. The van der Waals surface area contributed by atoms with Gasteiger partial charge in [-0.25, -0.2) is 13.6 Å². The molecule has 0 spiro atoms. The Balaban J connectivity index is 1.30. The molecule has 3 atom stereocenters. The zero-order valence-electron chi connectivity index (χ0n) is 19.2. The van der Waals surface area contributed by atoms with E-state index in [1.54, 1.807) is 17.0 Å². The monoisotopic (exact) mass is 487 g/mol. The van der Waals surface area contributed by atoms with Gasteiger partial charge in [-0.05, 0) is 66.2 Å². The Morgan fingerprint density at radius 3 is 2.06 bits per heavy atom. The van der Waals surface area contributed by atoms with Crippen LogP contribution in [0.4, 0.5) is 19.3 Å². The molecule has 6 nitrogen and oxygen atoms in total. The highest BCUT2D eigenvalue weighted by atomic mass is 19.1. The minimum atomic E-state index is -0.438. The molecule has 2 N–H and O–H groups in total. The van der Waals surface area contributed by atoms with Gasteiger partial charge in [-0.15, -0.1) is 0 Å². The molecule has 2 fully saturated rings. The average Bonchev–Trinajstić information content (AvgIpc) is 2.87. The first kappa shape index (κ1) is 23.5. The van der Waals surface area contributed by atoms with Crippen LogP contribution in [0.5, 0.6) is 0 Å². The molecule has 2 aliphatic rings. The highest BCUT2D eigenvalue weighted by Crippen LogP contribution is 2.43. The Kier molecular flexibility index (Phi) is 6.40. The van der Waals surface area contributed by atoms with E-state index < -0.39 is 11.8 Å². The Bertz CT molecular complexity index is 1330. The number of hydrogen-bond acceptors (Lipinski definition) is 3. The summed E-state index contributed by atoms with van der Waals surface area (Å²) in [5.41, 5.74) is 2.86. The molecular formula is C28H23F2N3O3. The van der Waals surface area contributed by atoms with Gasteiger partial charge < -0.3 is 20.2 Å². The van der Waals surface area contributed by atoms with Crippen molar-refractivity contribution in [1.29, 1.82) is 0 Å². The molecule has 0 aliphatic carbocycles. The second-order valence-electron chi connectivity index (χ2n) is 8.84. The zero-order valence-corrected chi connectivity index (χ0v) is 19.2. The number of amides is 3. The van der Waals surface area contributed by atoms with Crippen LogP contribution in [-0.2, 0) is 4.79 Å². The Morgan fingerprint density at radius 1 is 0.917 bits per heavy atom. The Morgan fingerprint density at radius 2 is 1.47 bits per heavy atom. The largest absolute Gasteiger partial charge is 0.394 e. The SMILES string of the molecule is O=C(Nc1ccc(F)cc1)N1CC(=O)N2[C@H](CO)[C@H](c3ccc(C#Cc4ccc(F)cc4)cc3)[C@@H]2C1. The third-order valence-electron chi connectivity index (χ3n) is 6.63. The van der Waals surface area contributed by atoms with Crippen LogP contribution in [-0.4, -0.2) is 58.6 Å². The van der Waals surface area contributed by atoms with Crippen LogP contribution in [0.3, 0.4) is 0 Å². The smallest absolute Gasteiger partial charge is 0.322 e. The van der Waals surface area contributed by atoms with Crippen LogP contribution >= 0.6 is 0 Å². The zero-order chi connectivity index (χ0) is 25.2. The number of halogens is 2. The number of rotatable bonds is 3. The Labute approximate surface area is 207 Å². The van der Waals surface area contributed by atoms with Crippen molar-refractivity contribution in [1.82, 2.24) is 9.80 Å². The van der Waals surface area contributed by atoms with Crippen LogP contribution in [0.15, 0.2) is 72.8 Å². The van der Waals surface area contributed by atoms with E-state index in [0.717, 1.165) is 11.1 Å². The number of fused-ring (bicyclic) bond motifs is 1. The predicted molar refractivity (Wildman–Crippen MR) is 130 cm³/mol. The van der Waals surface area contributed by atoms with Gasteiger partial charge in [-0.2, -0.15) is 0 Å². The van der Waals surface area contributed by atoms with Crippen molar-refractivity contribution in [3.63, 3.8) is 0 Å². The van der Waals surface area contributed by atoms with Crippen LogP contribution in [0.1, 0.15) is 22.6 Å². The number of nitrogens with one attached hydrogen (secondary N) is 1. The summed E-state index contributed by atoms with van der Waals surface area (Å²) in [5.74, 6) is 4.96. The quantitative estimate of drug-likeness (QED) is 0.555. The molecule has 3 aromatic rings. The molecule has 3 aromatic carbocycles. The van der Waals surface area contributed by atoms with Crippen molar-refractivity contribution in [2.75, 3.05) is 25.0 Å². The number of aliphatic hydroxyl groups is 1. The fourth-order valence-electron chi connectivity index (χ4n) is 4.86. The van der Waals surface area contributed by atoms with Crippen molar-refractivity contribution in [2.45, 2.75) is 18.0 Å². The molecule has 0 aromatic heterocycles. The van der Waals surface area contributed by atoms with E-state index in [1.807, 2.05) is 24.3 Å². The van der Waals surface area contributed by atoms with Gasteiger partial charge in [0.05, 0.1) is 18.7 Å². The second kappa shape index (κ2) is 9.80. The number of nitrogens with zero attached hydrogens (tertiary/aromatic N) is 2. The van der Waals surface area contributed by atoms with E-state index in [0.29, 0.717) is 17.8 Å². The van der Waals surface area contributed by atoms with Crippen molar-refractivity contribution >= 4 is 17.6 Å². The number of carbonyl (C=O) groups is 2. The number of aliphatic hydroxyl groups excluding tert-OH is 1. The van der Waals surface area contributed by atoms with Gasteiger partial charge >= 0.3 is 6.03 Å². The summed E-state index contributed by atoms with van der Waals surface area (Å²) < 4.78 is 26.2. The number of benzene rings is 3. The second-order valence-corrected chi connectivity index (χ2v) is 8.84. The molecule has 0 saturated carbocycles. The predicted octanol–water partition coefficient (Wildman–Crippen LogP) is 3.57. The van der Waals surface area contributed by atoms with Gasteiger partial charge in [0, 0.05) is 29.3 Å². The lowest BCUT2D eigenvalue weighted by Gasteiger charge is -2.58. The van der Waals surface area contributed by atoms with Crippen LogP contribution in [0.25, 0.3) is 0 Å². The molecule has 0 bridgehead atoms. The van der Waals surface area contributed by atoms with Gasteiger partial charge in [0.1, 0.15) is 18.2 Å². The number of piperazine rings is 1. The third kappa shape index (κ3) is 4.66. The van der Waals surface area contributed by atoms with Gasteiger partial charge in [-0.3, -0.25) is 4.79 Å². The first-order chi connectivity index (χ1) is 17.4. The van der Waals surface area contributed by atoms with Crippen molar-refractivity contribution in [3.8, 4) is 11.8 Å². The first-order valence-electron chi connectivity index (χ1n) is 11.5. The maximum atomic E-state index is 13.2. The third-order valence-corrected chi connectivity index (χ3v) is 6.63. The van der Waals surface area contributed by atoms with E-state index in [-0.39, 0.29) is 42.9 Å². The summed E-state index contributed by atoms with van der Waals surface area (Å²) in [6, 6.07) is 17.9. The molecule has 5 rings (SSSR count). The van der Waals surface area contributed by atoms with Crippen LogP contribution in [0.2, 0.25) is 0 Å². The van der Waals surface area contributed by atoms with Crippen molar-refractivity contribution < 1.29 is 23.5 Å². The summed E-state index contributed by atoms with van der Waals surface area (Å²) in [7, 11) is 0. The lowest BCUT2D eigenvalue weighted by molar-refractivity contribution is -0.159. The number of urea groups is 1. The highest BCUT2D eigenvalue weighted by molar-refractivity contribution is 5.93. The van der Waals surface area contributed by atoms with E-state index in [4.69, 9.17) is 0 Å². The fraction of sp³-hybridized carbons (Fsp3) is 0.214. The first-order valence-corrected chi connectivity index (χ1v) is 11.5. The van der Waals surface area contributed by atoms with Crippen LogP contribution < -0.4 is 5.32 Å². The Hall–Kier alpha value is -4.22. The molecular weight excluding hydrogens is 464 g/mol. The number of carbonyl (C=O) groups excluding carboxylic acids is 2. The van der Waals surface area contributed by atoms with Gasteiger partial charge in [-0.1, -0.05) is 24.0 Å². The lowest BCUT2D eigenvalue weighted by atomic mass is 9.73. The van der Waals surface area contributed by atoms with Crippen molar-refractivity contribution in [2.24, 2.45) is 0 Å². The molecule has 36 heavy (non-hydrogen) atoms.